The lowest BCUT2D eigenvalue weighted by Crippen LogP contribution is -2.29. The monoisotopic (exact) mass is 331 g/mol. The maximum atomic E-state index is 13.1. The lowest BCUT2D eigenvalue weighted by Gasteiger charge is -2.17. The van der Waals surface area contributed by atoms with Crippen LogP contribution in [-0.4, -0.2) is 35.5 Å². The smallest absolute Gasteiger partial charge is 0.303 e. The maximum Gasteiger partial charge on any atom is 0.303 e. The van der Waals surface area contributed by atoms with Gasteiger partial charge in [0.25, 0.3) is 0 Å². The summed E-state index contributed by atoms with van der Waals surface area (Å²) in [6, 6.07) is 4.18. The molecular formula is C13H15BrFNO3. The highest BCUT2D eigenvalue weighted by molar-refractivity contribution is 9.10. The molecular weight excluding hydrogens is 317 g/mol. The second-order valence-electron chi connectivity index (χ2n) is 4.23. The van der Waals surface area contributed by atoms with Crippen molar-refractivity contribution in [2.24, 2.45) is 0 Å². The number of benzene rings is 1. The Morgan fingerprint density at radius 2 is 2.11 bits per heavy atom. The van der Waals surface area contributed by atoms with Crippen LogP contribution in [0.2, 0.25) is 0 Å². The van der Waals surface area contributed by atoms with Crippen molar-refractivity contribution in [3.05, 3.63) is 34.1 Å². The van der Waals surface area contributed by atoms with E-state index in [4.69, 9.17) is 5.11 Å². The van der Waals surface area contributed by atoms with Crippen molar-refractivity contribution in [1.29, 1.82) is 0 Å². The van der Waals surface area contributed by atoms with E-state index in [1.165, 1.54) is 17.0 Å². The number of hydrogen-bond acceptors (Lipinski definition) is 2. The van der Waals surface area contributed by atoms with E-state index >= 15 is 0 Å². The van der Waals surface area contributed by atoms with Crippen molar-refractivity contribution in [1.82, 2.24) is 4.90 Å². The third-order valence-corrected chi connectivity index (χ3v) is 3.43. The molecule has 0 radical (unpaired) electrons. The van der Waals surface area contributed by atoms with Gasteiger partial charge in [0, 0.05) is 24.5 Å². The Morgan fingerprint density at radius 1 is 1.42 bits per heavy atom. The summed E-state index contributed by atoms with van der Waals surface area (Å²) < 4.78 is 13.8. The molecule has 0 unspecified atom stereocenters. The van der Waals surface area contributed by atoms with Gasteiger partial charge in [-0.05, 0) is 30.2 Å². The van der Waals surface area contributed by atoms with Crippen LogP contribution in [0.25, 0.3) is 0 Å². The predicted molar refractivity (Wildman–Crippen MR) is 72.3 cm³/mol. The first-order chi connectivity index (χ1) is 8.90. The number of rotatable bonds is 6. The van der Waals surface area contributed by atoms with Crippen LogP contribution in [0.15, 0.2) is 22.7 Å². The van der Waals surface area contributed by atoms with Crippen molar-refractivity contribution in [3.63, 3.8) is 0 Å². The standard InChI is InChI=1S/C13H15BrFNO3/c1-16(6-2-3-13(18)19)12(17)8-9-7-10(15)4-5-11(9)14/h4-5,7H,2-3,6,8H2,1H3,(H,18,19). The minimum atomic E-state index is -0.881. The van der Waals surface area contributed by atoms with E-state index < -0.39 is 5.97 Å². The van der Waals surface area contributed by atoms with Crippen molar-refractivity contribution in [2.75, 3.05) is 13.6 Å². The van der Waals surface area contributed by atoms with Crippen LogP contribution in [0, 0.1) is 5.82 Å². The second-order valence-corrected chi connectivity index (χ2v) is 5.08. The molecule has 0 aromatic heterocycles. The number of carboxylic acids is 1. The van der Waals surface area contributed by atoms with E-state index in [1.807, 2.05) is 0 Å². The SMILES string of the molecule is CN(CCCC(=O)O)C(=O)Cc1cc(F)ccc1Br. The van der Waals surface area contributed by atoms with Gasteiger partial charge in [0.2, 0.25) is 5.91 Å². The van der Waals surface area contributed by atoms with Gasteiger partial charge < -0.3 is 10.0 Å². The van der Waals surface area contributed by atoms with E-state index in [9.17, 15) is 14.0 Å². The normalized spacial score (nSPS) is 10.3. The largest absolute Gasteiger partial charge is 0.481 e. The minimum Gasteiger partial charge on any atom is -0.481 e. The first-order valence-corrected chi connectivity index (χ1v) is 6.59. The number of carbonyl (C=O) groups is 2. The number of amides is 1. The predicted octanol–water partition coefficient (Wildman–Crippen LogP) is 2.45. The molecule has 0 bridgehead atoms. The zero-order valence-electron chi connectivity index (χ0n) is 10.5. The lowest BCUT2D eigenvalue weighted by atomic mass is 10.1. The van der Waals surface area contributed by atoms with Gasteiger partial charge in [0.1, 0.15) is 5.82 Å². The van der Waals surface area contributed by atoms with Gasteiger partial charge in [-0.2, -0.15) is 0 Å². The molecule has 0 aliphatic carbocycles. The molecule has 0 heterocycles. The van der Waals surface area contributed by atoms with Gasteiger partial charge in [0.15, 0.2) is 0 Å². The van der Waals surface area contributed by atoms with Crippen molar-refractivity contribution in [2.45, 2.75) is 19.3 Å². The van der Waals surface area contributed by atoms with Crippen molar-refractivity contribution in [3.8, 4) is 0 Å². The molecule has 104 valence electrons. The van der Waals surface area contributed by atoms with Crippen LogP contribution in [0.1, 0.15) is 18.4 Å². The molecule has 4 nitrogen and oxygen atoms in total. The van der Waals surface area contributed by atoms with Crippen LogP contribution in [0.3, 0.4) is 0 Å². The molecule has 1 amide bonds. The molecule has 6 heteroatoms. The first-order valence-electron chi connectivity index (χ1n) is 5.80. The number of hydrogen-bond donors (Lipinski definition) is 1. The van der Waals surface area contributed by atoms with Gasteiger partial charge >= 0.3 is 5.97 Å². The fraction of sp³-hybridized carbons (Fsp3) is 0.385. The fourth-order valence-electron chi connectivity index (χ4n) is 1.57. The highest BCUT2D eigenvalue weighted by atomic mass is 79.9. The molecule has 1 aromatic rings. The number of aliphatic carboxylic acids is 1. The van der Waals surface area contributed by atoms with Gasteiger partial charge in [-0.25, -0.2) is 4.39 Å². The van der Waals surface area contributed by atoms with Crippen molar-refractivity contribution < 1.29 is 19.1 Å². The Hall–Kier alpha value is -1.43. The third-order valence-electron chi connectivity index (χ3n) is 2.66. The number of carboxylic acid groups (broad SMARTS) is 1. The van der Waals surface area contributed by atoms with Crippen LogP contribution in [0.5, 0.6) is 0 Å². The Kier molecular flexibility index (Phi) is 5.95. The van der Waals surface area contributed by atoms with E-state index in [0.29, 0.717) is 23.0 Å². The molecule has 1 aromatic carbocycles. The molecule has 0 saturated heterocycles. The van der Waals surface area contributed by atoms with Crippen molar-refractivity contribution >= 4 is 27.8 Å². The maximum absolute atomic E-state index is 13.1. The molecule has 0 aliphatic heterocycles. The lowest BCUT2D eigenvalue weighted by molar-refractivity contribution is -0.138. The van der Waals surface area contributed by atoms with Gasteiger partial charge in [-0.1, -0.05) is 15.9 Å². The number of nitrogens with zero attached hydrogens (tertiary/aromatic N) is 1. The van der Waals surface area contributed by atoms with Crippen LogP contribution < -0.4 is 0 Å². The summed E-state index contributed by atoms with van der Waals surface area (Å²) in [6.07, 6.45) is 0.519. The zero-order valence-corrected chi connectivity index (χ0v) is 12.1. The third kappa shape index (κ3) is 5.38. The molecule has 0 aliphatic rings. The van der Waals surface area contributed by atoms with Crippen LogP contribution in [0.4, 0.5) is 4.39 Å². The quantitative estimate of drug-likeness (QED) is 0.871. The minimum absolute atomic E-state index is 0.0290. The summed E-state index contributed by atoms with van der Waals surface area (Å²) in [4.78, 5) is 23.7. The summed E-state index contributed by atoms with van der Waals surface area (Å²) >= 11 is 3.26. The number of likely N-dealkylation sites (N-methyl/N-ethyl adjacent to an activating group) is 1. The van der Waals surface area contributed by atoms with Gasteiger partial charge in [-0.3, -0.25) is 9.59 Å². The highest BCUT2D eigenvalue weighted by Crippen LogP contribution is 2.18. The summed E-state index contributed by atoms with van der Waals surface area (Å²) in [6.45, 7) is 0.373. The van der Waals surface area contributed by atoms with Crippen LogP contribution in [-0.2, 0) is 16.0 Å². The Balaban J connectivity index is 2.54. The van der Waals surface area contributed by atoms with Gasteiger partial charge in [-0.15, -0.1) is 0 Å². The fourth-order valence-corrected chi connectivity index (χ4v) is 1.96. The second kappa shape index (κ2) is 7.23. The summed E-state index contributed by atoms with van der Waals surface area (Å²) in [7, 11) is 1.61. The van der Waals surface area contributed by atoms with E-state index in [2.05, 4.69) is 15.9 Å². The topological polar surface area (TPSA) is 57.6 Å². The Labute approximate surface area is 119 Å². The molecule has 19 heavy (non-hydrogen) atoms. The summed E-state index contributed by atoms with van der Waals surface area (Å²) in [5.41, 5.74) is 0.579. The van der Waals surface area contributed by atoms with Gasteiger partial charge in [0.05, 0.1) is 6.42 Å². The Bertz CT molecular complexity index is 479. The zero-order chi connectivity index (χ0) is 14.4. The van der Waals surface area contributed by atoms with Crippen LogP contribution >= 0.6 is 15.9 Å². The molecule has 0 spiro atoms. The van der Waals surface area contributed by atoms with E-state index in [1.54, 1.807) is 13.1 Å². The molecule has 0 fully saturated rings. The van der Waals surface area contributed by atoms with E-state index in [-0.39, 0.29) is 24.6 Å². The number of halogens is 2. The molecule has 0 atom stereocenters. The van der Waals surface area contributed by atoms with E-state index in [0.717, 1.165) is 0 Å². The summed E-state index contributed by atoms with van der Waals surface area (Å²) in [5.74, 6) is -1.44. The molecule has 0 saturated carbocycles. The molecule has 1 rings (SSSR count). The average molecular weight is 332 g/mol. The first kappa shape index (κ1) is 15.6. The average Bonchev–Trinajstić information content (AvgIpc) is 2.33. The molecule has 1 N–H and O–H groups in total. The number of carbonyl (C=O) groups excluding carboxylic acids is 1. The summed E-state index contributed by atoms with van der Waals surface area (Å²) in [5, 5.41) is 8.52. The Morgan fingerprint density at radius 3 is 2.74 bits per heavy atom. The highest BCUT2D eigenvalue weighted by Gasteiger charge is 2.12.